The summed E-state index contributed by atoms with van der Waals surface area (Å²) in [6, 6.07) is 0. The van der Waals surface area contributed by atoms with E-state index in [0.717, 1.165) is 6.42 Å². The van der Waals surface area contributed by atoms with Crippen molar-refractivity contribution in [2.45, 2.75) is 20.3 Å². The molecule has 0 fully saturated rings. The van der Waals surface area contributed by atoms with E-state index < -0.39 is 0 Å². The molecule has 0 amide bonds. The highest BCUT2D eigenvalue weighted by Crippen LogP contribution is 2.00. The molecule has 0 unspecified atom stereocenters. The summed E-state index contributed by atoms with van der Waals surface area (Å²) in [6.07, 6.45) is 9.05. The van der Waals surface area contributed by atoms with Crippen LogP contribution in [-0.4, -0.2) is 13.3 Å². The summed E-state index contributed by atoms with van der Waals surface area (Å²) in [5, 5.41) is 0. The van der Waals surface area contributed by atoms with Crippen molar-refractivity contribution >= 4 is 6.21 Å². The van der Waals surface area contributed by atoms with E-state index in [9.17, 15) is 0 Å². The van der Waals surface area contributed by atoms with Crippen molar-refractivity contribution in [1.82, 2.24) is 0 Å². The Morgan fingerprint density at radius 1 is 1.50 bits per heavy atom. The lowest BCUT2D eigenvalue weighted by Gasteiger charge is -1.91. The van der Waals surface area contributed by atoms with E-state index in [0.29, 0.717) is 0 Å². The molecule has 0 aromatic carbocycles. The van der Waals surface area contributed by atoms with Crippen LogP contribution in [0.1, 0.15) is 20.3 Å². The van der Waals surface area contributed by atoms with Gasteiger partial charge in [-0.2, -0.15) is 0 Å². The molecule has 0 heterocycles. The Morgan fingerprint density at radius 2 is 2.20 bits per heavy atom. The van der Waals surface area contributed by atoms with E-state index in [2.05, 4.69) is 18.0 Å². The van der Waals surface area contributed by atoms with Gasteiger partial charge < -0.3 is 0 Å². The van der Waals surface area contributed by atoms with Crippen LogP contribution in [0.3, 0.4) is 0 Å². The van der Waals surface area contributed by atoms with Gasteiger partial charge in [0.2, 0.25) is 0 Å². The second kappa shape index (κ2) is 6.27. The van der Waals surface area contributed by atoms with Gasteiger partial charge in [0, 0.05) is 13.3 Å². The Bertz CT molecular complexity index is 152. The topological polar surface area (TPSA) is 12.4 Å². The SMILES string of the molecule is CC=CC(=CC=NC)CC. The smallest absolute Gasteiger partial charge is 0.0277 e. The van der Waals surface area contributed by atoms with E-state index in [4.69, 9.17) is 0 Å². The average molecular weight is 137 g/mol. The van der Waals surface area contributed by atoms with E-state index in [1.165, 1.54) is 5.57 Å². The molecule has 10 heavy (non-hydrogen) atoms. The second-order valence-corrected chi connectivity index (χ2v) is 2.00. The van der Waals surface area contributed by atoms with Gasteiger partial charge in [-0.25, -0.2) is 0 Å². The average Bonchev–Trinajstić information content (AvgIpc) is 1.98. The molecule has 1 heteroatoms. The van der Waals surface area contributed by atoms with Crippen LogP contribution in [0.15, 0.2) is 28.8 Å². The maximum atomic E-state index is 3.87. The zero-order valence-electron chi connectivity index (χ0n) is 6.96. The Balaban J connectivity index is 4.04. The van der Waals surface area contributed by atoms with Gasteiger partial charge in [-0.15, -0.1) is 0 Å². The fourth-order valence-electron chi connectivity index (χ4n) is 0.676. The van der Waals surface area contributed by atoms with Crippen LogP contribution in [0.5, 0.6) is 0 Å². The molecule has 0 bridgehead atoms. The molecule has 0 saturated carbocycles. The van der Waals surface area contributed by atoms with E-state index >= 15 is 0 Å². The third-order valence-corrected chi connectivity index (χ3v) is 1.23. The molecule has 0 rings (SSSR count). The number of aliphatic imine (C=N–C) groups is 1. The molecule has 0 aliphatic rings. The first-order valence-electron chi connectivity index (χ1n) is 3.59. The van der Waals surface area contributed by atoms with Gasteiger partial charge >= 0.3 is 0 Å². The predicted molar refractivity (Wildman–Crippen MR) is 47.6 cm³/mol. The van der Waals surface area contributed by atoms with Crippen molar-refractivity contribution in [2.24, 2.45) is 4.99 Å². The Kier molecular flexibility index (Phi) is 5.74. The zero-order chi connectivity index (χ0) is 7.82. The summed E-state index contributed by atoms with van der Waals surface area (Å²) in [5.74, 6) is 0. The van der Waals surface area contributed by atoms with E-state index in [1.807, 2.05) is 25.3 Å². The lowest BCUT2D eigenvalue weighted by atomic mass is 10.2. The second-order valence-electron chi connectivity index (χ2n) is 2.00. The first-order chi connectivity index (χ1) is 4.85. The van der Waals surface area contributed by atoms with E-state index in [1.54, 1.807) is 7.05 Å². The van der Waals surface area contributed by atoms with Crippen molar-refractivity contribution in [3.05, 3.63) is 23.8 Å². The maximum Gasteiger partial charge on any atom is 0.0277 e. The summed E-state index contributed by atoms with van der Waals surface area (Å²) in [7, 11) is 1.78. The summed E-state index contributed by atoms with van der Waals surface area (Å²) in [5.41, 5.74) is 1.31. The van der Waals surface area contributed by atoms with Gasteiger partial charge in [-0.3, -0.25) is 4.99 Å². The van der Waals surface area contributed by atoms with Crippen LogP contribution in [0.4, 0.5) is 0 Å². The van der Waals surface area contributed by atoms with Crippen LogP contribution in [0, 0.1) is 0 Å². The minimum atomic E-state index is 1.07. The standard InChI is InChI=1S/C9H15N/c1-4-6-9(5-2)7-8-10-3/h4,6-8H,5H2,1-3H3. The Hall–Kier alpha value is -0.850. The van der Waals surface area contributed by atoms with Crippen LogP contribution >= 0.6 is 0 Å². The largest absolute Gasteiger partial charge is 0.297 e. The molecular weight excluding hydrogens is 122 g/mol. The fourth-order valence-corrected chi connectivity index (χ4v) is 0.676. The van der Waals surface area contributed by atoms with Crippen molar-refractivity contribution < 1.29 is 0 Å². The number of rotatable bonds is 3. The molecule has 0 radical (unpaired) electrons. The van der Waals surface area contributed by atoms with Crippen LogP contribution in [0.25, 0.3) is 0 Å². The molecule has 0 aliphatic heterocycles. The monoisotopic (exact) mass is 137 g/mol. The van der Waals surface area contributed by atoms with Crippen LogP contribution in [-0.2, 0) is 0 Å². The van der Waals surface area contributed by atoms with Crippen molar-refractivity contribution in [3.63, 3.8) is 0 Å². The molecular formula is C9H15N. The molecule has 0 aromatic rings. The Labute approximate surface area is 63.2 Å². The van der Waals surface area contributed by atoms with Crippen molar-refractivity contribution in [3.8, 4) is 0 Å². The maximum absolute atomic E-state index is 3.87. The number of allylic oxidation sites excluding steroid dienone is 4. The molecule has 0 spiro atoms. The summed E-state index contributed by atoms with van der Waals surface area (Å²) >= 11 is 0. The van der Waals surface area contributed by atoms with Gasteiger partial charge in [-0.1, -0.05) is 19.1 Å². The first-order valence-corrected chi connectivity index (χ1v) is 3.59. The normalized spacial score (nSPS) is 13.7. The van der Waals surface area contributed by atoms with Gasteiger partial charge in [-0.05, 0) is 25.0 Å². The highest BCUT2D eigenvalue weighted by atomic mass is 14.6. The summed E-state index contributed by atoms with van der Waals surface area (Å²) in [6.45, 7) is 4.15. The summed E-state index contributed by atoms with van der Waals surface area (Å²) < 4.78 is 0. The quantitative estimate of drug-likeness (QED) is 0.419. The third-order valence-electron chi connectivity index (χ3n) is 1.23. The molecule has 0 aromatic heterocycles. The molecule has 0 N–H and O–H groups in total. The molecule has 1 nitrogen and oxygen atoms in total. The summed E-state index contributed by atoms with van der Waals surface area (Å²) in [4.78, 5) is 3.87. The lowest BCUT2D eigenvalue weighted by Crippen LogP contribution is -1.74. The molecule has 56 valence electrons. The Morgan fingerprint density at radius 3 is 2.60 bits per heavy atom. The van der Waals surface area contributed by atoms with Crippen molar-refractivity contribution in [2.75, 3.05) is 7.05 Å². The first kappa shape index (κ1) is 9.15. The highest BCUT2D eigenvalue weighted by molar-refractivity contribution is 5.72. The number of hydrogen-bond acceptors (Lipinski definition) is 1. The fraction of sp³-hybridized carbons (Fsp3) is 0.444. The van der Waals surface area contributed by atoms with Crippen LogP contribution in [0.2, 0.25) is 0 Å². The van der Waals surface area contributed by atoms with Gasteiger partial charge in [0.05, 0.1) is 0 Å². The van der Waals surface area contributed by atoms with Gasteiger partial charge in [0.15, 0.2) is 0 Å². The van der Waals surface area contributed by atoms with E-state index in [-0.39, 0.29) is 0 Å². The third kappa shape index (κ3) is 4.07. The van der Waals surface area contributed by atoms with Gasteiger partial charge in [0.25, 0.3) is 0 Å². The minimum Gasteiger partial charge on any atom is -0.297 e. The molecule has 0 saturated heterocycles. The molecule has 0 aliphatic carbocycles. The number of hydrogen-bond donors (Lipinski definition) is 0. The van der Waals surface area contributed by atoms with Crippen LogP contribution < -0.4 is 0 Å². The number of nitrogens with zero attached hydrogens (tertiary/aromatic N) is 1. The zero-order valence-corrected chi connectivity index (χ0v) is 6.96. The molecule has 0 atom stereocenters. The predicted octanol–water partition coefficient (Wildman–Crippen LogP) is 2.60. The highest BCUT2D eigenvalue weighted by Gasteiger charge is 1.81. The minimum absolute atomic E-state index is 1.07. The van der Waals surface area contributed by atoms with Crippen molar-refractivity contribution in [1.29, 1.82) is 0 Å². The van der Waals surface area contributed by atoms with Gasteiger partial charge in [0.1, 0.15) is 0 Å². The lowest BCUT2D eigenvalue weighted by molar-refractivity contribution is 1.15.